The Bertz CT molecular complexity index is 532. The molecule has 0 aliphatic rings. The second kappa shape index (κ2) is 5.23. The monoisotopic (exact) mass is 246 g/mol. The van der Waals surface area contributed by atoms with Gasteiger partial charge in [0.05, 0.1) is 6.10 Å². The minimum absolute atomic E-state index is 0.395. The Labute approximate surface area is 107 Å². The largest absolute Gasteiger partial charge is 0.485 e. The second-order valence-electron chi connectivity index (χ2n) is 4.46. The predicted molar refractivity (Wildman–Crippen MR) is 69.4 cm³/mol. The number of hydrogen-bond acceptors (Lipinski definition) is 3. The number of hydrogen-bond donors (Lipinski definition) is 1. The first kappa shape index (κ1) is 12.6. The van der Waals surface area contributed by atoms with Crippen molar-refractivity contribution >= 4 is 0 Å². The predicted octanol–water partition coefficient (Wildman–Crippen LogP) is 2.36. The van der Waals surface area contributed by atoms with E-state index in [1.165, 1.54) is 0 Å². The van der Waals surface area contributed by atoms with E-state index >= 15 is 0 Å². The van der Waals surface area contributed by atoms with E-state index < -0.39 is 6.10 Å². The van der Waals surface area contributed by atoms with Crippen LogP contribution >= 0.6 is 0 Å². The molecule has 4 heteroatoms. The molecule has 0 spiro atoms. The molecule has 1 aromatic heterocycles. The molecule has 1 atom stereocenters. The van der Waals surface area contributed by atoms with E-state index in [0.29, 0.717) is 12.4 Å². The average Bonchev–Trinajstić information content (AvgIpc) is 2.73. The van der Waals surface area contributed by atoms with Crippen LogP contribution in [0.25, 0.3) is 0 Å². The van der Waals surface area contributed by atoms with Crippen LogP contribution in [0.15, 0.2) is 30.6 Å². The third-order valence-corrected chi connectivity index (χ3v) is 2.89. The summed E-state index contributed by atoms with van der Waals surface area (Å²) in [7, 11) is 1.93. The fourth-order valence-electron chi connectivity index (χ4n) is 1.80. The van der Waals surface area contributed by atoms with Crippen LogP contribution in [0.2, 0.25) is 0 Å². The molecule has 1 aromatic carbocycles. The van der Waals surface area contributed by atoms with E-state index in [9.17, 15) is 5.11 Å². The first-order valence-electron chi connectivity index (χ1n) is 5.95. The van der Waals surface area contributed by atoms with Gasteiger partial charge in [0.2, 0.25) is 0 Å². The third-order valence-electron chi connectivity index (χ3n) is 2.89. The van der Waals surface area contributed by atoms with E-state index in [1.54, 1.807) is 13.1 Å². The van der Waals surface area contributed by atoms with E-state index in [-0.39, 0.29) is 0 Å². The molecule has 0 amide bonds. The van der Waals surface area contributed by atoms with Crippen molar-refractivity contribution in [2.24, 2.45) is 7.05 Å². The maximum Gasteiger partial charge on any atom is 0.146 e. The number of aryl methyl sites for hydroxylation is 2. The van der Waals surface area contributed by atoms with Crippen molar-refractivity contribution in [1.29, 1.82) is 0 Å². The second-order valence-corrected chi connectivity index (χ2v) is 4.46. The molecule has 2 aromatic rings. The Kier molecular flexibility index (Phi) is 3.67. The number of benzene rings is 1. The zero-order valence-corrected chi connectivity index (χ0v) is 10.9. The molecule has 18 heavy (non-hydrogen) atoms. The smallest absolute Gasteiger partial charge is 0.146 e. The SMILES string of the molecule is Cc1ccc(OCc2nccn2C)c([C@H](C)O)c1. The molecule has 1 N–H and O–H groups in total. The van der Waals surface area contributed by atoms with Crippen molar-refractivity contribution in [3.8, 4) is 5.75 Å². The van der Waals surface area contributed by atoms with Crippen molar-refractivity contribution in [3.63, 3.8) is 0 Å². The van der Waals surface area contributed by atoms with Crippen LogP contribution in [0, 0.1) is 6.92 Å². The number of rotatable bonds is 4. The van der Waals surface area contributed by atoms with Gasteiger partial charge in [0.15, 0.2) is 0 Å². The quantitative estimate of drug-likeness (QED) is 0.900. The van der Waals surface area contributed by atoms with Gasteiger partial charge in [0, 0.05) is 25.0 Å². The molecular weight excluding hydrogens is 228 g/mol. The highest BCUT2D eigenvalue weighted by Gasteiger charge is 2.10. The standard InChI is InChI=1S/C14H18N2O2/c1-10-4-5-13(12(8-10)11(2)17)18-9-14-15-6-7-16(14)3/h4-8,11,17H,9H2,1-3H3/t11-/m0/s1. The topological polar surface area (TPSA) is 47.3 Å². The number of aliphatic hydroxyl groups is 1. The summed E-state index contributed by atoms with van der Waals surface area (Å²) in [5.74, 6) is 1.56. The van der Waals surface area contributed by atoms with Gasteiger partial charge in [-0.15, -0.1) is 0 Å². The molecule has 4 nitrogen and oxygen atoms in total. The zero-order valence-electron chi connectivity index (χ0n) is 10.9. The van der Waals surface area contributed by atoms with Crippen LogP contribution in [-0.4, -0.2) is 14.7 Å². The molecule has 0 saturated heterocycles. The van der Waals surface area contributed by atoms with Crippen LogP contribution in [0.4, 0.5) is 0 Å². The summed E-state index contributed by atoms with van der Waals surface area (Å²) < 4.78 is 7.65. The van der Waals surface area contributed by atoms with Crippen LogP contribution in [0.1, 0.15) is 30.0 Å². The molecule has 0 radical (unpaired) electrons. The first-order valence-corrected chi connectivity index (χ1v) is 5.95. The Morgan fingerprint density at radius 1 is 1.44 bits per heavy atom. The van der Waals surface area contributed by atoms with Crippen molar-refractivity contribution in [2.75, 3.05) is 0 Å². The van der Waals surface area contributed by atoms with Crippen LogP contribution < -0.4 is 4.74 Å². The number of ether oxygens (including phenoxy) is 1. The number of aliphatic hydroxyl groups excluding tert-OH is 1. The summed E-state index contributed by atoms with van der Waals surface area (Å²) in [6, 6.07) is 5.80. The maximum atomic E-state index is 9.74. The Morgan fingerprint density at radius 3 is 2.83 bits per heavy atom. The summed E-state index contributed by atoms with van der Waals surface area (Å²) in [6.45, 7) is 4.13. The van der Waals surface area contributed by atoms with Gasteiger partial charge in [-0.1, -0.05) is 11.6 Å². The molecule has 0 unspecified atom stereocenters. The van der Waals surface area contributed by atoms with Gasteiger partial charge in [0.1, 0.15) is 18.2 Å². The van der Waals surface area contributed by atoms with Gasteiger partial charge in [-0.3, -0.25) is 0 Å². The molecule has 2 rings (SSSR count). The average molecular weight is 246 g/mol. The number of imidazole rings is 1. The fraction of sp³-hybridized carbons (Fsp3) is 0.357. The van der Waals surface area contributed by atoms with Gasteiger partial charge in [-0.25, -0.2) is 4.98 Å². The van der Waals surface area contributed by atoms with Crippen molar-refractivity contribution in [3.05, 3.63) is 47.5 Å². The molecule has 0 aliphatic carbocycles. The summed E-state index contributed by atoms with van der Waals surface area (Å²) in [4.78, 5) is 4.20. The van der Waals surface area contributed by atoms with Gasteiger partial charge in [0.25, 0.3) is 0 Å². The van der Waals surface area contributed by atoms with E-state index in [0.717, 1.165) is 17.0 Å². The van der Waals surface area contributed by atoms with Crippen molar-refractivity contribution in [2.45, 2.75) is 26.6 Å². The van der Waals surface area contributed by atoms with E-state index in [2.05, 4.69) is 4.98 Å². The Morgan fingerprint density at radius 2 is 2.22 bits per heavy atom. The third kappa shape index (κ3) is 2.71. The van der Waals surface area contributed by atoms with E-state index in [1.807, 2.05) is 42.9 Å². The summed E-state index contributed by atoms with van der Waals surface area (Å²) in [6.07, 6.45) is 3.08. The van der Waals surface area contributed by atoms with Gasteiger partial charge >= 0.3 is 0 Å². The maximum absolute atomic E-state index is 9.74. The lowest BCUT2D eigenvalue weighted by atomic mass is 10.1. The summed E-state index contributed by atoms with van der Waals surface area (Å²) in [5, 5.41) is 9.74. The van der Waals surface area contributed by atoms with Crippen LogP contribution in [0.5, 0.6) is 5.75 Å². The first-order chi connectivity index (χ1) is 8.58. The fourth-order valence-corrected chi connectivity index (χ4v) is 1.80. The molecule has 0 fully saturated rings. The van der Waals surface area contributed by atoms with Gasteiger partial charge in [-0.05, 0) is 26.0 Å². The summed E-state index contributed by atoms with van der Waals surface area (Å²) in [5.41, 5.74) is 1.92. The van der Waals surface area contributed by atoms with Crippen LogP contribution in [-0.2, 0) is 13.7 Å². The minimum atomic E-state index is -0.540. The summed E-state index contributed by atoms with van der Waals surface area (Å²) >= 11 is 0. The zero-order chi connectivity index (χ0) is 13.1. The lowest BCUT2D eigenvalue weighted by Crippen LogP contribution is -2.05. The Balaban J connectivity index is 2.16. The highest BCUT2D eigenvalue weighted by molar-refractivity contribution is 5.38. The highest BCUT2D eigenvalue weighted by Crippen LogP contribution is 2.26. The number of aromatic nitrogens is 2. The lowest BCUT2D eigenvalue weighted by Gasteiger charge is -2.14. The highest BCUT2D eigenvalue weighted by atomic mass is 16.5. The molecule has 0 bridgehead atoms. The molecular formula is C14H18N2O2. The minimum Gasteiger partial charge on any atom is -0.485 e. The van der Waals surface area contributed by atoms with Gasteiger partial charge < -0.3 is 14.4 Å². The Hall–Kier alpha value is -1.81. The molecule has 0 aliphatic heterocycles. The molecule has 96 valence electrons. The van der Waals surface area contributed by atoms with Crippen LogP contribution in [0.3, 0.4) is 0 Å². The number of nitrogens with zero attached hydrogens (tertiary/aromatic N) is 2. The van der Waals surface area contributed by atoms with Crippen molar-refractivity contribution in [1.82, 2.24) is 9.55 Å². The molecule has 0 saturated carbocycles. The molecule has 1 heterocycles. The normalized spacial score (nSPS) is 12.4. The van der Waals surface area contributed by atoms with Gasteiger partial charge in [-0.2, -0.15) is 0 Å². The lowest BCUT2D eigenvalue weighted by molar-refractivity contribution is 0.189. The van der Waals surface area contributed by atoms with E-state index in [4.69, 9.17) is 4.74 Å². The van der Waals surface area contributed by atoms with Crippen molar-refractivity contribution < 1.29 is 9.84 Å².